The first-order valence-corrected chi connectivity index (χ1v) is 6.34. The van der Waals surface area contributed by atoms with Gasteiger partial charge in [-0.05, 0) is 27.4 Å². The van der Waals surface area contributed by atoms with Gasteiger partial charge in [-0.3, -0.25) is 4.79 Å². The Morgan fingerprint density at radius 1 is 1.50 bits per heavy atom. The Kier molecular flexibility index (Phi) is 4.90. The van der Waals surface area contributed by atoms with Gasteiger partial charge in [0.05, 0.1) is 0 Å². The molecule has 1 atom stereocenters. The molecule has 0 saturated heterocycles. The van der Waals surface area contributed by atoms with Crippen molar-refractivity contribution in [2.45, 2.75) is 39.2 Å². The minimum atomic E-state index is -0.181. The molecule has 1 heterocycles. The second-order valence-electron chi connectivity index (χ2n) is 4.96. The summed E-state index contributed by atoms with van der Waals surface area (Å²) in [7, 11) is 4.03. The van der Waals surface area contributed by atoms with E-state index in [1.165, 1.54) is 0 Å². The van der Waals surface area contributed by atoms with Crippen molar-refractivity contribution < 1.29 is 9.32 Å². The van der Waals surface area contributed by atoms with E-state index in [1.807, 2.05) is 21.0 Å². The van der Waals surface area contributed by atoms with Crippen LogP contribution in [-0.4, -0.2) is 42.1 Å². The van der Waals surface area contributed by atoms with Gasteiger partial charge in [0, 0.05) is 24.6 Å². The Morgan fingerprint density at radius 2 is 2.17 bits per heavy atom. The number of nitrogens with zero attached hydrogens (tertiary/aromatic N) is 2. The van der Waals surface area contributed by atoms with E-state index in [9.17, 15) is 4.79 Å². The zero-order valence-corrected chi connectivity index (χ0v) is 11.9. The Morgan fingerprint density at radius 3 is 2.61 bits per heavy atom. The fraction of sp³-hybridized carbons (Fsp3) is 0.692. The van der Waals surface area contributed by atoms with E-state index in [-0.39, 0.29) is 11.4 Å². The quantitative estimate of drug-likeness (QED) is 0.838. The molecule has 0 fully saturated rings. The third-order valence-electron chi connectivity index (χ3n) is 3.61. The van der Waals surface area contributed by atoms with Gasteiger partial charge in [0.25, 0.3) is 5.91 Å². The number of hydrogen-bond donors (Lipinski definition) is 1. The van der Waals surface area contributed by atoms with E-state index in [0.717, 1.165) is 18.6 Å². The molecule has 0 aliphatic heterocycles. The van der Waals surface area contributed by atoms with Gasteiger partial charge in [-0.15, -0.1) is 0 Å². The zero-order valence-electron chi connectivity index (χ0n) is 11.9. The van der Waals surface area contributed by atoms with Crippen molar-refractivity contribution in [1.29, 1.82) is 0 Å². The summed E-state index contributed by atoms with van der Waals surface area (Å²) in [4.78, 5) is 14.0. The number of carbonyl (C=O) groups is 1. The van der Waals surface area contributed by atoms with Gasteiger partial charge in [-0.2, -0.15) is 0 Å². The highest BCUT2D eigenvalue weighted by atomic mass is 16.5. The molecule has 1 rings (SSSR count). The predicted octanol–water partition coefficient (Wildman–Crippen LogP) is 1.70. The Hall–Kier alpha value is -1.36. The van der Waals surface area contributed by atoms with Gasteiger partial charge in [0.15, 0.2) is 5.69 Å². The molecule has 1 aromatic heterocycles. The second-order valence-corrected chi connectivity index (χ2v) is 4.96. The van der Waals surface area contributed by atoms with Crippen molar-refractivity contribution in [3.63, 3.8) is 0 Å². The van der Waals surface area contributed by atoms with E-state index in [4.69, 9.17) is 4.52 Å². The zero-order chi connectivity index (χ0) is 13.8. The van der Waals surface area contributed by atoms with E-state index >= 15 is 0 Å². The van der Waals surface area contributed by atoms with E-state index in [1.54, 1.807) is 6.07 Å². The lowest BCUT2D eigenvalue weighted by atomic mass is 9.97. The van der Waals surface area contributed by atoms with Crippen molar-refractivity contribution in [3.05, 3.63) is 17.5 Å². The number of likely N-dealkylation sites (N-methyl/N-ethyl adjacent to an activating group) is 1. The molecule has 1 aromatic rings. The van der Waals surface area contributed by atoms with Crippen LogP contribution >= 0.6 is 0 Å². The molecular weight excluding hydrogens is 230 g/mol. The maximum Gasteiger partial charge on any atom is 0.273 e. The fourth-order valence-corrected chi connectivity index (χ4v) is 1.55. The predicted molar refractivity (Wildman–Crippen MR) is 70.6 cm³/mol. The molecule has 0 aliphatic rings. The first-order valence-electron chi connectivity index (χ1n) is 6.34. The van der Waals surface area contributed by atoms with Crippen LogP contribution in [0.25, 0.3) is 0 Å². The lowest BCUT2D eigenvalue weighted by molar-refractivity contribution is 0.0897. The molecule has 5 nitrogen and oxygen atoms in total. The number of carbonyl (C=O) groups excluding carboxylic acids is 1. The van der Waals surface area contributed by atoms with Crippen LogP contribution in [0.2, 0.25) is 0 Å². The SMILES string of the molecule is CCc1cc(C(=O)NCC(C)(CC)N(C)C)no1. The number of nitrogens with one attached hydrogen (secondary N) is 1. The van der Waals surface area contributed by atoms with E-state index in [0.29, 0.717) is 12.2 Å². The maximum atomic E-state index is 11.9. The molecule has 1 amide bonds. The van der Waals surface area contributed by atoms with Crippen molar-refractivity contribution in [3.8, 4) is 0 Å². The number of rotatable bonds is 6. The van der Waals surface area contributed by atoms with Gasteiger partial charge < -0.3 is 14.7 Å². The molecule has 0 saturated carbocycles. The summed E-state index contributed by atoms with van der Waals surface area (Å²) in [6.07, 6.45) is 1.70. The van der Waals surface area contributed by atoms with Crippen molar-refractivity contribution in [2.75, 3.05) is 20.6 Å². The van der Waals surface area contributed by atoms with Gasteiger partial charge in [0.2, 0.25) is 0 Å². The summed E-state index contributed by atoms with van der Waals surface area (Å²) in [6.45, 7) is 6.77. The monoisotopic (exact) mass is 253 g/mol. The standard InChI is InChI=1S/C13H23N3O2/c1-6-10-8-11(15-18-10)12(17)14-9-13(3,7-2)16(4)5/h8H,6-7,9H2,1-5H3,(H,14,17). The van der Waals surface area contributed by atoms with Crippen LogP contribution in [0.4, 0.5) is 0 Å². The Labute approximate surface area is 109 Å². The van der Waals surface area contributed by atoms with Crippen LogP contribution in [0.15, 0.2) is 10.6 Å². The Bertz CT molecular complexity index is 401. The third-order valence-corrected chi connectivity index (χ3v) is 3.61. The van der Waals surface area contributed by atoms with E-state index in [2.05, 4.69) is 29.2 Å². The first kappa shape index (κ1) is 14.7. The molecule has 0 spiro atoms. The normalized spacial score (nSPS) is 14.6. The summed E-state index contributed by atoms with van der Waals surface area (Å²) >= 11 is 0. The number of amides is 1. The average molecular weight is 253 g/mol. The summed E-state index contributed by atoms with van der Waals surface area (Å²) in [6, 6.07) is 1.69. The number of aromatic nitrogens is 1. The van der Waals surface area contributed by atoms with Crippen molar-refractivity contribution in [1.82, 2.24) is 15.4 Å². The summed E-state index contributed by atoms with van der Waals surface area (Å²) in [5.41, 5.74) is 0.302. The maximum absolute atomic E-state index is 11.9. The molecule has 0 radical (unpaired) electrons. The Balaban J connectivity index is 2.60. The van der Waals surface area contributed by atoms with Crippen LogP contribution in [0.5, 0.6) is 0 Å². The minimum Gasteiger partial charge on any atom is -0.361 e. The highest BCUT2D eigenvalue weighted by Gasteiger charge is 2.25. The lowest BCUT2D eigenvalue weighted by Crippen LogP contribution is -2.50. The molecule has 1 N–H and O–H groups in total. The lowest BCUT2D eigenvalue weighted by Gasteiger charge is -2.35. The third kappa shape index (κ3) is 3.32. The summed E-state index contributed by atoms with van der Waals surface area (Å²) in [5.74, 6) is 0.547. The van der Waals surface area contributed by atoms with Gasteiger partial charge in [-0.25, -0.2) is 0 Å². The van der Waals surface area contributed by atoms with Gasteiger partial charge >= 0.3 is 0 Å². The second kappa shape index (κ2) is 6.00. The molecule has 0 aliphatic carbocycles. The molecular formula is C13H23N3O2. The average Bonchev–Trinajstić information content (AvgIpc) is 2.84. The molecule has 5 heteroatoms. The highest BCUT2D eigenvalue weighted by molar-refractivity contribution is 5.92. The molecule has 1 unspecified atom stereocenters. The van der Waals surface area contributed by atoms with Crippen LogP contribution in [0.1, 0.15) is 43.4 Å². The first-order chi connectivity index (χ1) is 8.42. The largest absolute Gasteiger partial charge is 0.361 e. The molecule has 102 valence electrons. The minimum absolute atomic E-state index is 0.0486. The van der Waals surface area contributed by atoms with Gasteiger partial charge in [-0.1, -0.05) is 19.0 Å². The van der Waals surface area contributed by atoms with Crippen LogP contribution < -0.4 is 5.32 Å². The van der Waals surface area contributed by atoms with Crippen LogP contribution in [-0.2, 0) is 6.42 Å². The van der Waals surface area contributed by atoms with E-state index < -0.39 is 0 Å². The smallest absolute Gasteiger partial charge is 0.273 e. The number of aryl methyl sites for hydroxylation is 1. The number of hydrogen-bond acceptors (Lipinski definition) is 4. The summed E-state index contributed by atoms with van der Waals surface area (Å²) < 4.78 is 5.02. The van der Waals surface area contributed by atoms with Crippen molar-refractivity contribution in [2.24, 2.45) is 0 Å². The van der Waals surface area contributed by atoms with Crippen LogP contribution in [0.3, 0.4) is 0 Å². The summed E-state index contributed by atoms with van der Waals surface area (Å²) in [5, 5.41) is 6.66. The fourth-order valence-electron chi connectivity index (χ4n) is 1.55. The van der Waals surface area contributed by atoms with Crippen LogP contribution in [0, 0.1) is 0 Å². The van der Waals surface area contributed by atoms with Gasteiger partial charge in [0.1, 0.15) is 5.76 Å². The topological polar surface area (TPSA) is 58.4 Å². The highest BCUT2D eigenvalue weighted by Crippen LogP contribution is 2.14. The molecule has 0 bridgehead atoms. The van der Waals surface area contributed by atoms with Crippen molar-refractivity contribution >= 4 is 5.91 Å². The molecule has 18 heavy (non-hydrogen) atoms. The molecule has 0 aromatic carbocycles.